The Morgan fingerprint density at radius 2 is 1.50 bits per heavy atom. The zero-order chi connectivity index (χ0) is 21.2. The number of carbonyl (C=O) groups is 1. The summed E-state index contributed by atoms with van der Waals surface area (Å²) in [6.45, 7) is 1.92. The summed E-state index contributed by atoms with van der Waals surface area (Å²) in [6, 6.07) is 14.3. The van der Waals surface area contributed by atoms with Crippen molar-refractivity contribution in [3.8, 4) is 0 Å². The highest BCUT2D eigenvalue weighted by Crippen LogP contribution is 2.48. The second-order valence-corrected chi connectivity index (χ2v) is 10.4. The first-order chi connectivity index (χ1) is 14.4. The normalized spacial score (nSPS) is 19.0. The van der Waals surface area contributed by atoms with Crippen LogP contribution >= 0.6 is 0 Å². The minimum absolute atomic E-state index is 0.127. The third kappa shape index (κ3) is 4.53. The Balaban J connectivity index is 1.44. The average molecular weight is 427 g/mol. The van der Waals surface area contributed by atoms with Crippen LogP contribution in [0.25, 0.3) is 0 Å². The molecule has 6 heteroatoms. The van der Waals surface area contributed by atoms with Gasteiger partial charge in [-0.3, -0.25) is 9.52 Å². The number of anilines is 1. The van der Waals surface area contributed by atoms with Crippen molar-refractivity contribution in [2.75, 3.05) is 4.72 Å². The number of aryl methyl sites for hydroxylation is 1. The van der Waals surface area contributed by atoms with Gasteiger partial charge >= 0.3 is 0 Å². The third-order valence-electron chi connectivity index (χ3n) is 6.40. The molecular weight excluding hydrogens is 396 g/mol. The van der Waals surface area contributed by atoms with Crippen LogP contribution in [0.15, 0.2) is 53.4 Å². The van der Waals surface area contributed by atoms with Gasteiger partial charge in [-0.1, -0.05) is 55.5 Å². The first-order valence-electron chi connectivity index (χ1n) is 10.9. The van der Waals surface area contributed by atoms with Gasteiger partial charge in [-0.05, 0) is 62.4 Å². The predicted molar refractivity (Wildman–Crippen MR) is 119 cm³/mol. The Morgan fingerprint density at radius 1 is 0.900 bits per heavy atom. The molecule has 4 rings (SSSR count). The molecule has 0 unspecified atom stereocenters. The van der Waals surface area contributed by atoms with Crippen molar-refractivity contribution in [3.05, 3.63) is 59.7 Å². The van der Waals surface area contributed by atoms with Crippen molar-refractivity contribution in [3.63, 3.8) is 0 Å². The molecule has 0 spiro atoms. The molecule has 0 bridgehead atoms. The Labute approximate surface area is 179 Å². The molecule has 2 fully saturated rings. The van der Waals surface area contributed by atoms with E-state index in [1.54, 1.807) is 36.4 Å². The third-order valence-corrected chi connectivity index (χ3v) is 7.79. The molecule has 0 heterocycles. The van der Waals surface area contributed by atoms with E-state index >= 15 is 0 Å². The lowest BCUT2D eigenvalue weighted by atomic mass is 9.94. The standard InChI is InChI=1S/C24H30N2O3S/c1-18-8-14-22(15-9-18)30(28,29)26-21-12-10-19(11-13-21)24(16-17-24)23(27)25-20-6-4-2-3-5-7-20/h8-15,20,26H,2-7,16-17H2,1H3,(H,25,27). The number of benzene rings is 2. The van der Waals surface area contributed by atoms with E-state index in [9.17, 15) is 13.2 Å². The van der Waals surface area contributed by atoms with Crippen molar-refractivity contribution in [2.24, 2.45) is 0 Å². The lowest BCUT2D eigenvalue weighted by molar-refractivity contribution is -0.124. The number of hydrogen-bond acceptors (Lipinski definition) is 3. The smallest absolute Gasteiger partial charge is 0.261 e. The Morgan fingerprint density at radius 3 is 2.07 bits per heavy atom. The monoisotopic (exact) mass is 426 g/mol. The maximum atomic E-state index is 13.0. The molecule has 2 aromatic rings. The van der Waals surface area contributed by atoms with Crippen LogP contribution in [0, 0.1) is 6.92 Å². The number of rotatable bonds is 6. The van der Waals surface area contributed by atoms with Crippen LogP contribution in [0.5, 0.6) is 0 Å². The van der Waals surface area contributed by atoms with Crippen LogP contribution in [0.1, 0.15) is 62.5 Å². The molecule has 2 aliphatic carbocycles. The average Bonchev–Trinajstić information content (AvgIpc) is 3.54. The van der Waals surface area contributed by atoms with Gasteiger partial charge in [-0.2, -0.15) is 0 Å². The van der Waals surface area contributed by atoms with Crippen molar-refractivity contribution >= 4 is 21.6 Å². The maximum Gasteiger partial charge on any atom is 0.261 e. The van der Waals surface area contributed by atoms with Gasteiger partial charge in [0.1, 0.15) is 0 Å². The van der Waals surface area contributed by atoms with E-state index in [1.807, 2.05) is 19.1 Å². The summed E-state index contributed by atoms with van der Waals surface area (Å²) >= 11 is 0. The topological polar surface area (TPSA) is 75.3 Å². The number of carbonyl (C=O) groups excluding carboxylic acids is 1. The fourth-order valence-corrected chi connectivity index (χ4v) is 5.37. The number of hydrogen-bond donors (Lipinski definition) is 2. The van der Waals surface area contributed by atoms with E-state index < -0.39 is 15.4 Å². The fourth-order valence-electron chi connectivity index (χ4n) is 4.31. The van der Waals surface area contributed by atoms with E-state index in [2.05, 4.69) is 10.0 Å². The fraction of sp³-hybridized carbons (Fsp3) is 0.458. The van der Waals surface area contributed by atoms with Gasteiger partial charge < -0.3 is 5.32 Å². The summed E-state index contributed by atoms with van der Waals surface area (Å²) in [4.78, 5) is 13.2. The van der Waals surface area contributed by atoms with Gasteiger partial charge in [0.05, 0.1) is 10.3 Å². The minimum Gasteiger partial charge on any atom is -0.353 e. The van der Waals surface area contributed by atoms with Gasteiger partial charge in [-0.25, -0.2) is 8.42 Å². The van der Waals surface area contributed by atoms with Crippen LogP contribution in [0.4, 0.5) is 5.69 Å². The van der Waals surface area contributed by atoms with E-state index in [-0.39, 0.29) is 16.8 Å². The largest absolute Gasteiger partial charge is 0.353 e. The summed E-state index contributed by atoms with van der Waals surface area (Å²) in [5, 5.41) is 3.29. The first kappa shape index (κ1) is 20.9. The summed E-state index contributed by atoms with van der Waals surface area (Å²) in [7, 11) is -3.63. The van der Waals surface area contributed by atoms with Gasteiger partial charge in [0.15, 0.2) is 0 Å². The molecule has 2 saturated carbocycles. The molecule has 0 saturated heterocycles. The van der Waals surface area contributed by atoms with Crippen LogP contribution < -0.4 is 10.0 Å². The molecule has 160 valence electrons. The highest BCUT2D eigenvalue weighted by atomic mass is 32.2. The highest BCUT2D eigenvalue weighted by Gasteiger charge is 2.51. The van der Waals surface area contributed by atoms with Crippen LogP contribution in [0.3, 0.4) is 0 Å². The summed E-state index contributed by atoms with van der Waals surface area (Å²) in [5.41, 5.74) is 2.03. The highest BCUT2D eigenvalue weighted by molar-refractivity contribution is 7.92. The summed E-state index contributed by atoms with van der Waals surface area (Å²) < 4.78 is 27.8. The van der Waals surface area contributed by atoms with Gasteiger partial charge in [-0.15, -0.1) is 0 Å². The van der Waals surface area contributed by atoms with Gasteiger partial charge in [0.2, 0.25) is 5.91 Å². The molecule has 0 aromatic heterocycles. The molecule has 2 aliphatic rings. The Hall–Kier alpha value is -2.34. The minimum atomic E-state index is -3.63. The van der Waals surface area contributed by atoms with Crippen LogP contribution in [-0.2, 0) is 20.2 Å². The zero-order valence-corrected chi connectivity index (χ0v) is 18.3. The summed E-state index contributed by atoms with van der Waals surface area (Å²) in [6.07, 6.45) is 8.74. The van der Waals surface area contributed by atoms with Crippen LogP contribution in [0.2, 0.25) is 0 Å². The molecular formula is C24H30N2O3S. The quantitative estimate of drug-likeness (QED) is 0.659. The molecule has 1 amide bonds. The molecule has 30 heavy (non-hydrogen) atoms. The number of sulfonamides is 1. The Bertz CT molecular complexity index is 986. The Kier molecular flexibility index (Phi) is 5.87. The zero-order valence-electron chi connectivity index (χ0n) is 17.5. The lowest BCUT2D eigenvalue weighted by Gasteiger charge is -2.22. The van der Waals surface area contributed by atoms with Gasteiger partial charge in [0.25, 0.3) is 10.0 Å². The van der Waals surface area contributed by atoms with E-state index in [0.717, 1.165) is 36.8 Å². The van der Waals surface area contributed by atoms with Crippen molar-refractivity contribution in [1.82, 2.24) is 5.32 Å². The molecule has 2 aromatic carbocycles. The number of nitrogens with one attached hydrogen (secondary N) is 2. The van der Waals surface area contributed by atoms with E-state index in [1.165, 1.54) is 25.7 Å². The van der Waals surface area contributed by atoms with Crippen molar-refractivity contribution < 1.29 is 13.2 Å². The molecule has 5 nitrogen and oxygen atoms in total. The maximum absolute atomic E-state index is 13.0. The summed E-state index contributed by atoms with van der Waals surface area (Å²) in [5.74, 6) is 0.127. The van der Waals surface area contributed by atoms with Crippen molar-refractivity contribution in [1.29, 1.82) is 0 Å². The second-order valence-electron chi connectivity index (χ2n) is 8.74. The van der Waals surface area contributed by atoms with E-state index in [0.29, 0.717) is 5.69 Å². The molecule has 0 radical (unpaired) electrons. The SMILES string of the molecule is Cc1ccc(S(=O)(=O)Nc2ccc(C3(C(=O)NC4CCCCCC4)CC3)cc2)cc1. The van der Waals surface area contributed by atoms with Crippen LogP contribution in [-0.4, -0.2) is 20.4 Å². The first-order valence-corrected chi connectivity index (χ1v) is 12.4. The van der Waals surface area contributed by atoms with Crippen molar-refractivity contribution in [2.45, 2.75) is 74.6 Å². The number of amides is 1. The van der Waals surface area contributed by atoms with Gasteiger partial charge in [0, 0.05) is 11.7 Å². The molecule has 0 atom stereocenters. The molecule has 2 N–H and O–H groups in total. The molecule has 0 aliphatic heterocycles. The lowest BCUT2D eigenvalue weighted by Crippen LogP contribution is -2.41. The second kappa shape index (κ2) is 8.42. The predicted octanol–water partition coefficient (Wildman–Crippen LogP) is 4.67. The van der Waals surface area contributed by atoms with E-state index in [4.69, 9.17) is 0 Å².